The Morgan fingerprint density at radius 3 is 3.00 bits per heavy atom. The topological polar surface area (TPSA) is 47.4 Å². The zero-order valence-electron chi connectivity index (χ0n) is 12.8. The maximum Gasteiger partial charge on any atom is 0.310 e. The first-order valence-electron chi connectivity index (χ1n) is 7.56. The summed E-state index contributed by atoms with van der Waals surface area (Å²) in [4.78, 5) is 14.2. The average Bonchev–Trinajstić information content (AvgIpc) is 2.79. The monoisotopic (exact) mass is 279 g/mol. The Hall–Kier alpha value is -1.36. The van der Waals surface area contributed by atoms with Gasteiger partial charge in [-0.3, -0.25) is 14.4 Å². The van der Waals surface area contributed by atoms with E-state index in [2.05, 4.69) is 23.0 Å². The van der Waals surface area contributed by atoms with Crippen molar-refractivity contribution in [2.45, 2.75) is 46.7 Å². The van der Waals surface area contributed by atoms with Gasteiger partial charge >= 0.3 is 5.97 Å². The highest BCUT2D eigenvalue weighted by Gasteiger charge is 2.27. The van der Waals surface area contributed by atoms with E-state index in [9.17, 15) is 4.79 Å². The SMILES string of the molecule is CCOC(=O)[C@H]1CCCN(Cc2cc(C)nn2CC)C1. The van der Waals surface area contributed by atoms with Gasteiger partial charge in [-0.25, -0.2) is 0 Å². The molecule has 1 aromatic rings. The maximum atomic E-state index is 11.9. The van der Waals surface area contributed by atoms with E-state index >= 15 is 0 Å². The maximum absolute atomic E-state index is 11.9. The van der Waals surface area contributed by atoms with Crippen LogP contribution in [0.25, 0.3) is 0 Å². The van der Waals surface area contributed by atoms with Crippen molar-refractivity contribution in [2.24, 2.45) is 5.92 Å². The molecule has 1 aliphatic heterocycles. The van der Waals surface area contributed by atoms with Gasteiger partial charge in [0.15, 0.2) is 0 Å². The molecular weight excluding hydrogens is 254 g/mol. The lowest BCUT2D eigenvalue weighted by atomic mass is 9.98. The summed E-state index contributed by atoms with van der Waals surface area (Å²) in [6, 6.07) is 2.14. The van der Waals surface area contributed by atoms with Crippen LogP contribution in [0, 0.1) is 12.8 Å². The number of rotatable bonds is 5. The van der Waals surface area contributed by atoms with Crippen LogP contribution < -0.4 is 0 Å². The highest BCUT2D eigenvalue weighted by atomic mass is 16.5. The molecule has 5 nitrogen and oxygen atoms in total. The molecule has 0 aliphatic carbocycles. The van der Waals surface area contributed by atoms with Crippen LogP contribution in [-0.4, -0.2) is 40.3 Å². The van der Waals surface area contributed by atoms with Crippen molar-refractivity contribution in [3.05, 3.63) is 17.5 Å². The van der Waals surface area contributed by atoms with Gasteiger partial charge in [-0.05, 0) is 46.2 Å². The molecule has 0 N–H and O–H groups in total. The first-order chi connectivity index (χ1) is 9.63. The highest BCUT2D eigenvalue weighted by Crippen LogP contribution is 2.20. The fraction of sp³-hybridized carbons (Fsp3) is 0.733. The average molecular weight is 279 g/mol. The zero-order chi connectivity index (χ0) is 14.5. The minimum Gasteiger partial charge on any atom is -0.466 e. The minimum absolute atomic E-state index is 0.0304. The van der Waals surface area contributed by atoms with E-state index in [1.54, 1.807) is 0 Å². The molecule has 1 fully saturated rings. The smallest absolute Gasteiger partial charge is 0.310 e. The van der Waals surface area contributed by atoms with Gasteiger partial charge < -0.3 is 4.74 Å². The van der Waals surface area contributed by atoms with E-state index in [-0.39, 0.29) is 11.9 Å². The molecule has 1 aromatic heterocycles. The van der Waals surface area contributed by atoms with Gasteiger partial charge in [0, 0.05) is 19.6 Å². The Bertz CT molecular complexity index is 456. The molecule has 2 rings (SSSR count). The molecule has 0 bridgehead atoms. The fourth-order valence-corrected chi connectivity index (χ4v) is 2.88. The lowest BCUT2D eigenvalue weighted by molar-refractivity contribution is -0.150. The number of hydrogen-bond donors (Lipinski definition) is 0. The Labute approximate surface area is 120 Å². The summed E-state index contributed by atoms with van der Waals surface area (Å²) in [5.41, 5.74) is 2.29. The van der Waals surface area contributed by atoms with Crippen molar-refractivity contribution in [1.29, 1.82) is 0 Å². The van der Waals surface area contributed by atoms with E-state index in [4.69, 9.17) is 4.74 Å². The van der Waals surface area contributed by atoms with Crippen LogP contribution in [0.15, 0.2) is 6.07 Å². The van der Waals surface area contributed by atoms with Gasteiger partial charge in [0.25, 0.3) is 0 Å². The lowest BCUT2D eigenvalue weighted by Gasteiger charge is -2.31. The van der Waals surface area contributed by atoms with E-state index in [0.717, 1.165) is 44.7 Å². The summed E-state index contributed by atoms with van der Waals surface area (Å²) in [5, 5.41) is 4.48. The quantitative estimate of drug-likeness (QED) is 0.773. The molecule has 1 saturated heterocycles. The van der Waals surface area contributed by atoms with Crippen LogP contribution in [0.3, 0.4) is 0 Å². The van der Waals surface area contributed by atoms with Crippen LogP contribution in [0.2, 0.25) is 0 Å². The molecule has 0 saturated carbocycles. The second kappa shape index (κ2) is 6.88. The second-order valence-electron chi connectivity index (χ2n) is 5.42. The number of likely N-dealkylation sites (tertiary alicyclic amines) is 1. The Kier molecular flexibility index (Phi) is 5.17. The first-order valence-corrected chi connectivity index (χ1v) is 7.56. The van der Waals surface area contributed by atoms with Crippen LogP contribution in [-0.2, 0) is 22.6 Å². The summed E-state index contributed by atoms with van der Waals surface area (Å²) >= 11 is 0. The van der Waals surface area contributed by atoms with Crippen molar-refractivity contribution in [3.63, 3.8) is 0 Å². The van der Waals surface area contributed by atoms with E-state index in [1.807, 2.05) is 18.5 Å². The third-order valence-electron chi connectivity index (χ3n) is 3.80. The molecule has 20 heavy (non-hydrogen) atoms. The number of nitrogens with zero attached hydrogens (tertiary/aromatic N) is 3. The van der Waals surface area contributed by atoms with Gasteiger partial charge in [0.2, 0.25) is 0 Å². The predicted octanol–water partition coefficient (Wildman–Crippen LogP) is 1.99. The largest absolute Gasteiger partial charge is 0.466 e. The van der Waals surface area contributed by atoms with Crippen molar-refractivity contribution >= 4 is 5.97 Å². The van der Waals surface area contributed by atoms with Gasteiger partial charge in [0.05, 0.1) is 23.9 Å². The normalized spacial score (nSPS) is 20.1. The standard InChI is InChI=1S/C15H25N3O2/c1-4-18-14(9-12(3)16-18)11-17-8-6-7-13(10-17)15(19)20-5-2/h9,13H,4-8,10-11H2,1-3H3/t13-/m0/s1. The number of carbonyl (C=O) groups excluding carboxylic acids is 1. The molecule has 5 heteroatoms. The number of carbonyl (C=O) groups is 1. The fourth-order valence-electron chi connectivity index (χ4n) is 2.88. The molecule has 1 atom stereocenters. The number of piperidine rings is 1. The molecule has 0 amide bonds. The number of esters is 1. The summed E-state index contributed by atoms with van der Waals surface area (Å²) in [6.45, 7) is 10.1. The minimum atomic E-state index is -0.0441. The van der Waals surface area contributed by atoms with E-state index < -0.39 is 0 Å². The summed E-state index contributed by atoms with van der Waals surface area (Å²) < 4.78 is 7.19. The van der Waals surface area contributed by atoms with Gasteiger partial charge in [0.1, 0.15) is 0 Å². The predicted molar refractivity (Wildman–Crippen MR) is 77.3 cm³/mol. The van der Waals surface area contributed by atoms with Crippen molar-refractivity contribution in [1.82, 2.24) is 14.7 Å². The van der Waals surface area contributed by atoms with Crippen LogP contribution >= 0.6 is 0 Å². The van der Waals surface area contributed by atoms with Gasteiger partial charge in [-0.1, -0.05) is 0 Å². The molecule has 112 valence electrons. The highest BCUT2D eigenvalue weighted by molar-refractivity contribution is 5.72. The number of aryl methyl sites for hydroxylation is 2. The molecular formula is C15H25N3O2. The van der Waals surface area contributed by atoms with Crippen molar-refractivity contribution in [3.8, 4) is 0 Å². The molecule has 0 aromatic carbocycles. The van der Waals surface area contributed by atoms with E-state index in [0.29, 0.717) is 6.61 Å². The Morgan fingerprint density at radius 1 is 1.50 bits per heavy atom. The third-order valence-corrected chi connectivity index (χ3v) is 3.80. The number of aromatic nitrogens is 2. The Balaban J connectivity index is 1.97. The molecule has 0 radical (unpaired) electrons. The molecule has 1 aliphatic rings. The molecule has 0 unspecified atom stereocenters. The molecule has 2 heterocycles. The summed E-state index contributed by atoms with van der Waals surface area (Å²) in [5.74, 6) is -0.0137. The van der Waals surface area contributed by atoms with Crippen LogP contribution in [0.1, 0.15) is 38.1 Å². The summed E-state index contributed by atoms with van der Waals surface area (Å²) in [7, 11) is 0. The van der Waals surface area contributed by atoms with Gasteiger partial charge in [-0.2, -0.15) is 5.10 Å². The summed E-state index contributed by atoms with van der Waals surface area (Å²) in [6.07, 6.45) is 2.00. The van der Waals surface area contributed by atoms with Crippen molar-refractivity contribution < 1.29 is 9.53 Å². The number of hydrogen-bond acceptors (Lipinski definition) is 4. The van der Waals surface area contributed by atoms with Crippen molar-refractivity contribution in [2.75, 3.05) is 19.7 Å². The zero-order valence-corrected chi connectivity index (χ0v) is 12.8. The first kappa shape index (κ1) is 15.0. The third kappa shape index (κ3) is 3.60. The van der Waals surface area contributed by atoms with Gasteiger partial charge in [-0.15, -0.1) is 0 Å². The number of ether oxygens (including phenoxy) is 1. The second-order valence-corrected chi connectivity index (χ2v) is 5.42. The molecule has 0 spiro atoms. The van der Waals surface area contributed by atoms with E-state index in [1.165, 1.54) is 5.69 Å². The Morgan fingerprint density at radius 2 is 2.30 bits per heavy atom. The lowest BCUT2D eigenvalue weighted by Crippen LogP contribution is -2.39. The van der Waals surface area contributed by atoms with Crippen LogP contribution in [0.5, 0.6) is 0 Å². The van der Waals surface area contributed by atoms with Crippen LogP contribution in [0.4, 0.5) is 0 Å².